The van der Waals surface area contributed by atoms with E-state index in [0.717, 1.165) is 28.8 Å². The van der Waals surface area contributed by atoms with Crippen molar-refractivity contribution in [3.05, 3.63) is 97.1 Å². The van der Waals surface area contributed by atoms with E-state index in [0.29, 0.717) is 61.5 Å². The number of rotatable bonds is 9. The fraction of sp³-hybridized carbons (Fsp3) is 0.257. The lowest BCUT2D eigenvalue weighted by Crippen LogP contribution is -2.73. The molecule has 3 N–H and O–H groups in total. The van der Waals surface area contributed by atoms with Crippen LogP contribution in [-0.4, -0.2) is 71.9 Å². The highest BCUT2D eigenvalue weighted by molar-refractivity contribution is 6.02. The lowest BCUT2D eigenvalue weighted by molar-refractivity contribution is -0.111. The Morgan fingerprint density at radius 3 is 2.54 bits per heavy atom. The molecule has 4 heterocycles. The summed E-state index contributed by atoms with van der Waals surface area (Å²) in [5.41, 5.74) is 4.47. The number of nitrogens with one attached hydrogen (secondary N) is 2. The molecule has 3 aliphatic rings. The zero-order valence-electron chi connectivity index (χ0n) is 26.2. The monoisotopic (exact) mass is 651 g/mol. The van der Waals surface area contributed by atoms with Gasteiger partial charge in [-0.3, -0.25) is 9.63 Å². The predicted octanol–water partition coefficient (Wildman–Crippen LogP) is 5.84. The van der Waals surface area contributed by atoms with Crippen molar-refractivity contribution in [1.29, 1.82) is 0 Å². The maximum Gasteiger partial charge on any atom is 0.407 e. The molecule has 3 fully saturated rings. The number of amides is 2. The minimum absolute atomic E-state index is 0.0874. The predicted molar refractivity (Wildman–Crippen MR) is 179 cm³/mol. The van der Waals surface area contributed by atoms with Gasteiger partial charge in [0, 0.05) is 50.1 Å². The Morgan fingerprint density at radius 2 is 1.81 bits per heavy atom. The van der Waals surface area contributed by atoms with Gasteiger partial charge in [-0.1, -0.05) is 36.9 Å². The van der Waals surface area contributed by atoms with Crippen LogP contribution in [0.1, 0.15) is 18.0 Å². The minimum Gasteiger partial charge on any atom is -0.494 e. The van der Waals surface area contributed by atoms with Crippen LogP contribution in [0.3, 0.4) is 0 Å². The van der Waals surface area contributed by atoms with Crippen molar-refractivity contribution >= 4 is 40.7 Å². The molecule has 0 saturated carbocycles. The van der Waals surface area contributed by atoms with Gasteiger partial charge in [0.15, 0.2) is 5.82 Å². The molecule has 7 rings (SSSR count). The Hall–Kier alpha value is -5.69. The first-order valence-electron chi connectivity index (χ1n) is 15.5. The number of methoxy groups -OCH3 is 1. The summed E-state index contributed by atoms with van der Waals surface area (Å²) in [6.45, 7) is 6.36. The number of aromatic nitrogens is 2. The molecule has 1 spiro atoms. The van der Waals surface area contributed by atoms with Crippen molar-refractivity contribution in [2.45, 2.75) is 12.5 Å². The van der Waals surface area contributed by atoms with E-state index >= 15 is 0 Å². The van der Waals surface area contributed by atoms with Gasteiger partial charge in [0.1, 0.15) is 23.7 Å². The van der Waals surface area contributed by atoms with Crippen LogP contribution in [0.2, 0.25) is 0 Å². The van der Waals surface area contributed by atoms with E-state index in [2.05, 4.69) is 32.1 Å². The lowest BCUT2D eigenvalue weighted by atomic mass is 9.72. The number of benzene rings is 3. The van der Waals surface area contributed by atoms with Crippen molar-refractivity contribution < 1.29 is 28.7 Å². The number of hydrogen-bond donors (Lipinski definition) is 3. The summed E-state index contributed by atoms with van der Waals surface area (Å²) in [5.74, 6) is 0.881. The molecule has 48 heavy (non-hydrogen) atoms. The number of halogens is 1. The summed E-state index contributed by atoms with van der Waals surface area (Å²) in [4.78, 5) is 42.2. The highest BCUT2D eigenvalue weighted by Gasteiger charge is 2.53. The molecule has 0 aliphatic carbocycles. The Bertz CT molecular complexity index is 1890. The molecule has 0 radical (unpaired) electrons. The van der Waals surface area contributed by atoms with Crippen molar-refractivity contribution in [1.82, 2.24) is 14.9 Å². The summed E-state index contributed by atoms with van der Waals surface area (Å²) in [6.07, 6.45) is 2.46. The maximum atomic E-state index is 13.9. The third kappa shape index (κ3) is 5.95. The quantitative estimate of drug-likeness (QED) is 0.190. The number of nitrogens with zero attached hydrogens (tertiary/aromatic N) is 5. The summed E-state index contributed by atoms with van der Waals surface area (Å²) in [7, 11) is 1.56. The van der Waals surface area contributed by atoms with Gasteiger partial charge in [0.05, 0.1) is 36.8 Å². The topological polar surface area (TPSA) is 132 Å². The summed E-state index contributed by atoms with van der Waals surface area (Å²) < 4.78 is 19.7. The highest BCUT2D eigenvalue weighted by Crippen LogP contribution is 2.47. The van der Waals surface area contributed by atoms with Gasteiger partial charge in [-0.2, -0.15) is 0 Å². The second kappa shape index (κ2) is 12.5. The first kappa shape index (κ1) is 30.9. The Balaban J connectivity index is 1.13. The van der Waals surface area contributed by atoms with E-state index in [9.17, 15) is 19.1 Å². The van der Waals surface area contributed by atoms with Crippen LogP contribution >= 0.6 is 0 Å². The van der Waals surface area contributed by atoms with Crippen molar-refractivity contribution in [2.75, 3.05) is 60.5 Å². The highest BCUT2D eigenvalue weighted by atomic mass is 19.1. The fourth-order valence-electron chi connectivity index (χ4n) is 6.68. The molecule has 3 aromatic carbocycles. The molecule has 12 nitrogen and oxygen atoms in total. The van der Waals surface area contributed by atoms with Crippen LogP contribution in [0.5, 0.6) is 5.75 Å². The smallest absolute Gasteiger partial charge is 0.407 e. The van der Waals surface area contributed by atoms with Gasteiger partial charge in [-0.05, 0) is 47.0 Å². The molecule has 3 aliphatic heterocycles. The maximum absolute atomic E-state index is 13.9. The van der Waals surface area contributed by atoms with E-state index in [4.69, 9.17) is 9.57 Å². The third-order valence-electron chi connectivity index (χ3n) is 8.95. The first-order chi connectivity index (χ1) is 23.2. The molecule has 4 aromatic rings. The molecule has 0 bridgehead atoms. The molecule has 0 unspecified atom stereocenters. The van der Waals surface area contributed by atoms with E-state index in [-0.39, 0.29) is 23.2 Å². The number of carboxylic acid groups (broad SMARTS) is 1. The normalized spacial score (nSPS) is 17.8. The van der Waals surface area contributed by atoms with Crippen LogP contribution in [0.4, 0.5) is 37.9 Å². The van der Waals surface area contributed by atoms with E-state index in [1.54, 1.807) is 30.4 Å². The van der Waals surface area contributed by atoms with Crippen LogP contribution in [-0.2, 0) is 9.63 Å². The van der Waals surface area contributed by atoms with E-state index in [1.165, 1.54) is 29.4 Å². The number of ether oxygens (including phenoxy) is 1. The van der Waals surface area contributed by atoms with Crippen molar-refractivity contribution in [2.24, 2.45) is 5.41 Å². The Morgan fingerprint density at radius 1 is 1.04 bits per heavy atom. The molecular weight excluding hydrogens is 617 g/mol. The summed E-state index contributed by atoms with van der Waals surface area (Å²) in [5, 5.41) is 17.2. The fourth-order valence-corrected chi connectivity index (χ4v) is 6.68. The van der Waals surface area contributed by atoms with E-state index < -0.39 is 6.09 Å². The average molecular weight is 652 g/mol. The van der Waals surface area contributed by atoms with Gasteiger partial charge in [0.2, 0.25) is 5.91 Å². The SMILES string of the molecule is C=CC(=O)Nc1cc(Nc2cc(N3OCC[C@@H]3c3cccc(-c4cccc(F)c4)c3)ncn2)c(OC)cc1N1CC2(CN(C(=O)O)C2)C1. The Kier molecular flexibility index (Phi) is 8.05. The first-order valence-corrected chi connectivity index (χ1v) is 15.5. The second-order valence-corrected chi connectivity index (χ2v) is 12.2. The van der Waals surface area contributed by atoms with Crippen molar-refractivity contribution in [3.8, 4) is 16.9 Å². The van der Waals surface area contributed by atoms with Gasteiger partial charge in [-0.25, -0.2) is 24.2 Å². The standard InChI is InChI=1S/C35H34FN7O5/c1-3-33(44)40-26-14-27(30(47-2)15-29(26)41-17-35(18-41)19-42(20-35)34(45)46)39-31-16-32(38-21-37-31)43-28(10-11-48-43)24-8-4-6-22(12-24)23-7-5-9-25(36)13-23/h3-9,12-16,21,28H,1,10-11,17-20H2,2H3,(H,40,44)(H,45,46)(H,37,38,39)/t28-/m1/s1. The van der Waals surface area contributed by atoms with Crippen LogP contribution in [0, 0.1) is 11.2 Å². The number of likely N-dealkylation sites (tertiary alicyclic amines) is 1. The molecule has 1 aromatic heterocycles. The van der Waals surface area contributed by atoms with Gasteiger partial charge in [0.25, 0.3) is 0 Å². The number of hydrogen-bond acceptors (Lipinski definition) is 9. The third-order valence-corrected chi connectivity index (χ3v) is 8.95. The second-order valence-electron chi connectivity index (χ2n) is 12.2. The number of anilines is 5. The van der Waals surface area contributed by atoms with Gasteiger partial charge in [-0.15, -0.1) is 0 Å². The van der Waals surface area contributed by atoms with Gasteiger partial charge < -0.3 is 30.3 Å². The number of hydroxylamine groups is 1. The number of carbonyl (C=O) groups excluding carboxylic acids is 1. The molecule has 13 heteroatoms. The summed E-state index contributed by atoms with van der Waals surface area (Å²) >= 11 is 0. The van der Waals surface area contributed by atoms with Crippen LogP contribution in [0.15, 0.2) is 85.7 Å². The zero-order chi connectivity index (χ0) is 33.4. The van der Waals surface area contributed by atoms with Gasteiger partial charge >= 0.3 is 6.09 Å². The molecule has 2 amide bonds. The largest absolute Gasteiger partial charge is 0.494 e. The minimum atomic E-state index is -0.912. The molecule has 3 saturated heterocycles. The molecule has 1 atom stereocenters. The van der Waals surface area contributed by atoms with Crippen LogP contribution < -0.4 is 25.3 Å². The number of carbonyl (C=O) groups is 2. The molecule has 246 valence electrons. The zero-order valence-corrected chi connectivity index (χ0v) is 26.2. The average Bonchev–Trinajstić information content (AvgIpc) is 3.54. The van der Waals surface area contributed by atoms with Crippen molar-refractivity contribution in [3.63, 3.8) is 0 Å². The Labute approximate surface area is 276 Å². The molecular formula is C35H34FN7O5. The lowest BCUT2D eigenvalue weighted by Gasteiger charge is -2.60. The summed E-state index contributed by atoms with van der Waals surface area (Å²) in [6, 6.07) is 19.8. The van der Waals surface area contributed by atoms with Crippen LogP contribution in [0.25, 0.3) is 11.1 Å². The van der Waals surface area contributed by atoms with E-state index in [1.807, 2.05) is 36.4 Å².